The van der Waals surface area contributed by atoms with E-state index in [0.29, 0.717) is 0 Å². The van der Waals surface area contributed by atoms with Gasteiger partial charge in [-0.05, 0) is 27.4 Å². The van der Waals surface area contributed by atoms with Crippen LogP contribution in [0.3, 0.4) is 0 Å². The predicted molar refractivity (Wildman–Crippen MR) is 78.7 cm³/mol. The highest BCUT2D eigenvalue weighted by molar-refractivity contribution is 6.20. The van der Waals surface area contributed by atoms with Crippen LogP contribution in [0.15, 0.2) is 0 Å². The summed E-state index contributed by atoms with van der Waals surface area (Å²) in [5, 5.41) is 4.34. The molecule has 2 aromatic rings. The molecule has 0 saturated heterocycles. The minimum atomic E-state index is -0.0984. The Labute approximate surface area is 119 Å². The summed E-state index contributed by atoms with van der Waals surface area (Å²) in [5.41, 5.74) is 2.98. The van der Waals surface area contributed by atoms with Crippen LogP contribution in [0.5, 0.6) is 0 Å². The normalized spacial score (nSPS) is 13.6. The van der Waals surface area contributed by atoms with Crippen molar-refractivity contribution in [3.05, 3.63) is 11.5 Å². The Balaban J connectivity index is 2.45. The molecule has 0 aliphatic carbocycles. The molecule has 106 valence electrons. The number of imidazole rings is 1. The van der Waals surface area contributed by atoms with Crippen molar-refractivity contribution < 1.29 is 0 Å². The van der Waals surface area contributed by atoms with Gasteiger partial charge in [0.15, 0.2) is 5.65 Å². The van der Waals surface area contributed by atoms with Crippen LogP contribution in [0.2, 0.25) is 0 Å². The van der Waals surface area contributed by atoms with E-state index < -0.39 is 0 Å². The number of hydrogen-bond donors (Lipinski definition) is 0. The lowest BCUT2D eigenvalue weighted by Crippen LogP contribution is -2.24. The van der Waals surface area contributed by atoms with E-state index in [1.807, 2.05) is 25.6 Å². The van der Waals surface area contributed by atoms with Crippen LogP contribution in [0.4, 0.5) is 0 Å². The molecule has 6 heteroatoms. The predicted octanol–water partition coefficient (Wildman–Crippen LogP) is 2.33. The summed E-state index contributed by atoms with van der Waals surface area (Å²) in [6.07, 6.45) is 0. The summed E-state index contributed by atoms with van der Waals surface area (Å²) in [7, 11) is 4.08. The fourth-order valence-corrected chi connectivity index (χ4v) is 2.47. The van der Waals surface area contributed by atoms with Crippen molar-refractivity contribution in [3.63, 3.8) is 0 Å². The minimum absolute atomic E-state index is 0.0984. The molecule has 0 radical (unpaired) electrons. The van der Waals surface area contributed by atoms with Gasteiger partial charge < -0.3 is 9.47 Å². The van der Waals surface area contributed by atoms with Crippen LogP contribution in [-0.4, -0.2) is 44.4 Å². The van der Waals surface area contributed by atoms with Crippen molar-refractivity contribution in [3.8, 4) is 0 Å². The number of nitrogens with zero attached hydrogens (tertiary/aromatic N) is 5. The van der Waals surface area contributed by atoms with E-state index in [4.69, 9.17) is 11.6 Å². The van der Waals surface area contributed by atoms with E-state index in [9.17, 15) is 0 Å². The molecule has 2 aromatic heterocycles. The lowest BCUT2D eigenvalue weighted by Gasteiger charge is -2.16. The molecule has 0 aliphatic heterocycles. The molecule has 0 amide bonds. The van der Waals surface area contributed by atoms with Gasteiger partial charge in [0.05, 0.1) is 11.1 Å². The smallest absolute Gasteiger partial charge is 0.158 e. The lowest BCUT2D eigenvalue weighted by atomic mass is 10.4. The zero-order valence-electron chi connectivity index (χ0n) is 12.3. The second-order valence-electron chi connectivity index (χ2n) is 5.01. The fourth-order valence-electron chi connectivity index (χ4n) is 2.30. The Kier molecular flexibility index (Phi) is 4.16. The molecular formula is C13H22ClN5. The first-order valence-electron chi connectivity index (χ1n) is 6.68. The SMILES string of the molecule is CCN(C)CCn1c(C(C)Cl)nc2c(C)nn(C)c21. The fraction of sp³-hybridized carbons (Fsp3) is 0.692. The second-order valence-corrected chi connectivity index (χ2v) is 5.67. The van der Waals surface area contributed by atoms with Crippen LogP contribution in [0.25, 0.3) is 11.2 Å². The summed E-state index contributed by atoms with van der Waals surface area (Å²) in [5.74, 6) is 0.928. The summed E-state index contributed by atoms with van der Waals surface area (Å²) in [4.78, 5) is 6.94. The number of aromatic nitrogens is 4. The van der Waals surface area contributed by atoms with Gasteiger partial charge in [0.2, 0.25) is 0 Å². The van der Waals surface area contributed by atoms with E-state index >= 15 is 0 Å². The molecule has 5 nitrogen and oxygen atoms in total. The zero-order valence-corrected chi connectivity index (χ0v) is 13.1. The highest BCUT2D eigenvalue weighted by atomic mass is 35.5. The maximum atomic E-state index is 6.26. The van der Waals surface area contributed by atoms with Gasteiger partial charge in [-0.2, -0.15) is 5.10 Å². The molecule has 0 fully saturated rings. The van der Waals surface area contributed by atoms with Crippen LogP contribution in [0, 0.1) is 6.92 Å². The first kappa shape index (κ1) is 14.3. The number of hydrogen-bond acceptors (Lipinski definition) is 3. The van der Waals surface area contributed by atoms with Gasteiger partial charge in [-0.15, -0.1) is 11.6 Å². The van der Waals surface area contributed by atoms with Gasteiger partial charge in [-0.25, -0.2) is 4.98 Å². The van der Waals surface area contributed by atoms with Crippen molar-refractivity contribution in [2.75, 3.05) is 20.1 Å². The highest BCUT2D eigenvalue weighted by Gasteiger charge is 2.19. The van der Waals surface area contributed by atoms with Gasteiger partial charge >= 0.3 is 0 Å². The van der Waals surface area contributed by atoms with Crippen LogP contribution >= 0.6 is 11.6 Å². The van der Waals surface area contributed by atoms with Gasteiger partial charge in [0.25, 0.3) is 0 Å². The molecule has 0 aromatic carbocycles. The molecule has 0 bridgehead atoms. The molecular weight excluding hydrogens is 262 g/mol. The van der Waals surface area contributed by atoms with Crippen molar-refractivity contribution in [2.24, 2.45) is 7.05 Å². The Morgan fingerprint density at radius 1 is 1.42 bits per heavy atom. The van der Waals surface area contributed by atoms with Gasteiger partial charge in [-0.1, -0.05) is 6.92 Å². The Bertz CT molecular complexity index is 569. The van der Waals surface area contributed by atoms with E-state index in [1.54, 1.807) is 0 Å². The van der Waals surface area contributed by atoms with E-state index in [0.717, 1.165) is 42.3 Å². The van der Waals surface area contributed by atoms with Gasteiger partial charge in [0.1, 0.15) is 11.3 Å². The van der Waals surface area contributed by atoms with Crippen LogP contribution in [-0.2, 0) is 13.6 Å². The third-order valence-electron chi connectivity index (χ3n) is 3.52. The minimum Gasteiger partial charge on any atom is -0.310 e. The van der Waals surface area contributed by atoms with Crippen molar-refractivity contribution in [2.45, 2.75) is 32.7 Å². The van der Waals surface area contributed by atoms with Gasteiger partial charge in [-0.3, -0.25) is 4.68 Å². The monoisotopic (exact) mass is 283 g/mol. The molecule has 0 aliphatic rings. The molecule has 19 heavy (non-hydrogen) atoms. The van der Waals surface area contributed by atoms with Crippen LogP contribution in [0.1, 0.15) is 30.7 Å². The van der Waals surface area contributed by atoms with E-state index in [1.165, 1.54) is 0 Å². The number of likely N-dealkylation sites (N-methyl/N-ethyl adjacent to an activating group) is 1. The Hall–Kier alpha value is -1.07. The summed E-state index contributed by atoms with van der Waals surface area (Å²) in [6, 6.07) is 0. The Morgan fingerprint density at radius 3 is 2.68 bits per heavy atom. The summed E-state index contributed by atoms with van der Waals surface area (Å²) >= 11 is 6.26. The average molecular weight is 284 g/mol. The molecule has 0 N–H and O–H groups in total. The van der Waals surface area contributed by atoms with Crippen LogP contribution < -0.4 is 0 Å². The average Bonchev–Trinajstić information content (AvgIpc) is 2.86. The molecule has 2 rings (SSSR count). The van der Waals surface area contributed by atoms with E-state index in [2.05, 4.69) is 33.5 Å². The summed E-state index contributed by atoms with van der Waals surface area (Å²) in [6.45, 7) is 9.00. The first-order chi connectivity index (χ1) is 8.95. The molecule has 0 spiro atoms. The maximum Gasteiger partial charge on any atom is 0.158 e. The number of fused-ring (bicyclic) bond motifs is 1. The van der Waals surface area contributed by atoms with E-state index in [-0.39, 0.29) is 5.38 Å². The number of rotatable bonds is 5. The first-order valence-corrected chi connectivity index (χ1v) is 7.11. The largest absolute Gasteiger partial charge is 0.310 e. The zero-order chi connectivity index (χ0) is 14.2. The topological polar surface area (TPSA) is 38.9 Å². The Morgan fingerprint density at radius 2 is 2.11 bits per heavy atom. The number of alkyl halides is 1. The maximum absolute atomic E-state index is 6.26. The second kappa shape index (κ2) is 5.51. The van der Waals surface area contributed by atoms with Crippen molar-refractivity contribution in [1.29, 1.82) is 0 Å². The quantitative estimate of drug-likeness (QED) is 0.791. The number of aryl methyl sites for hydroxylation is 2. The molecule has 0 saturated carbocycles. The summed E-state index contributed by atoms with van der Waals surface area (Å²) < 4.78 is 4.09. The molecule has 1 unspecified atom stereocenters. The lowest BCUT2D eigenvalue weighted by molar-refractivity contribution is 0.334. The third-order valence-corrected chi connectivity index (χ3v) is 3.72. The standard InChI is InChI=1S/C13H22ClN5/c1-6-17(4)7-8-19-12(9(2)14)15-11-10(3)16-18(5)13(11)19/h9H,6-8H2,1-5H3. The van der Waals surface area contributed by atoms with Gasteiger partial charge in [0, 0.05) is 20.1 Å². The highest BCUT2D eigenvalue weighted by Crippen LogP contribution is 2.25. The third kappa shape index (κ3) is 2.62. The molecule has 2 heterocycles. The van der Waals surface area contributed by atoms with Crippen molar-refractivity contribution in [1.82, 2.24) is 24.2 Å². The molecule has 1 atom stereocenters. The van der Waals surface area contributed by atoms with Crippen molar-refractivity contribution >= 4 is 22.8 Å². The number of halogens is 1.